The number of carboxylic acids is 1. The Morgan fingerprint density at radius 3 is 2.21 bits per heavy atom. The van der Waals surface area contributed by atoms with Gasteiger partial charge in [0.2, 0.25) is 5.91 Å². The number of hydrogen-bond acceptors (Lipinski definition) is 4. The summed E-state index contributed by atoms with van der Waals surface area (Å²) in [6.45, 7) is 6.08. The highest BCUT2D eigenvalue weighted by Gasteiger charge is 2.29. The molecule has 0 heterocycles. The number of rotatable bonds is 11. The van der Waals surface area contributed by atoms with E-state index in [1.807, 2.05) is 45.0 Å². The van der Waals surface area contributed by atoms with Gasteiger partial charge >= 0.3 is 12.1 Å². The monoisotopic (exact) mass is 466 g/mol. The van der Waals surface area contributed by atoms with Crippen LogP contribution in [0.1, 0.15) is 63.5 Å². The number of hydrogen-bond donors (Lipinski definition) is 3. The van der Waals surface area contributed by atoms with E-state index in [2.05, 4.69) is 34.9 Å². The Labute approximate surface area is 200 Å². The first-order chi connectivity index (χ1) is 16.2. The van der Waals surface area contributed by atoms with Gasteiger partial charge in [-0.1, -0.05) is 62.4 Å². The Kier molecular flexibility index (Phi) is 8.31. The van der Waals surface area contributed by atoms with Crippen molar-refractivity contribution in [2.45, 2.75) is 58.4 Å². The fraction of sp³-hybridized carbons (Fsp3) is 0.444. The lowest BCUT2D eigenvalue weighted by Crippen LogP contribution is -2.36. The van der Waals surface area contributed by atoms with Gasteiger partial charge < -0.3 is 20.5 Å². The standard InChI is InChI=1S/C27H34N2O5/c1-18(9-8-14-24(30)28-17-27(2,3)15-25(31)32)29-26(33)34-16-23-21-12-6-4-10-19(21)20-11-5-7-13-22(20)23/h4-7,10-13,18,23H,8-9,14-17H2,1-3H3,(H,28,30)(H,29,33)(H,31,32). The van der Waals surface area contributed by atoms with Gasteiger partial charge in [-0.3, -0.25) is 9.59 Å². The Bertz CT molecular complexity index is 988. The smallest absolute Gasteiger partial charge is 0.407 e. The predicted molar refractivity (Wildman–Crippen MR) is 131 cm³/mol. The molecule has 1 unspecified atom stereocenters. The Balaban J connectivity index is 1.39. The van der Waals surface area contributed by atoms with Crippen molar-refractivity contribution in [2.24, 2.45) is 5.41 Å². The summed E-state index contributed by atoms with van der Waals surface area (Å²) in [5.74, 6) is -0.985. The molecule has 3 rings (SSSR count). The second-order valence-corrected chi connectivity index (χ2v) is 9.77. The van der Waals surface area contributed by atoms with E-state index in [1.54, 1.807) is 0 Å². The molecule has 0 aliphatic heterocycles. The third-order valence-electron chi connectivity index (χ3n) is 6.14. The average molecular weight is 467 g/mol. The minimum Gasteiger partial charge on any atom is -0.481 e. The van der Waals surface area contributed by atoms with Gasteiger partial charge in [0, 0.05) is 24.9 Å². The van der Waals surface area contributed by atoms with Crippen LogP contribution in [-0.4, -0.2) is 42.3 Å². The van der Waals surface area contributed by atoms with E-state index < -0.39 is 17.5 Å². The third-order valence-corrected chi connectivity index (χ3v) is 6.14. The van der Waals surface area contributed by atoms with Crippen LogP contribution in [0.5, 0.6) is 0 Å². The van der Waals surface area contributed by atoms with Crippen molar-refractivity contribution < 1.29 is 24.2 Å². The first-order valence-electron chi connectivity index (χ1n) is 11.8. The Hall–Kier alpha value is -3.35. The summed E-state index contributed by atoms with van der Waals surface area (Å²) in [5, 5.41) is 14.6. The molecule has 0 spiro atoms. The molecule has 0 bridgehead atoms. The van der Waals surface area contributed by atoms with Crippen molar-refractivity contribution in [2.75, 3.05) is 13.2 Å². The van der Waals surface area contributed by atoms with Gasteiger partial charge in [-0.2, -0.15) is 0 Å². The normalized spacial score (nSPS) is 13.5. The van der Waals surface area contributed by atoms with Crippen LogP contribution in [0.2, 0.25) is 0 Å². The number of amides is 2. The third kappa shape index (κ3) is 6.83. The minimum absolute atomic E-state index is 0.00558. The number of alkyl carbamates (subject to hydrolysis) is 1. The molecule has 7 heteroatoms. The van der Waals surface area contributed by atoms with Crippen LogP contribution >= 0.6 is 0 Å². The molecule has 2 amide bonds. The molecular formula is C27H34N2O5. The highest BCUT2D eigenvalue weighted by molar-refractivity contribution is 5.79. The molecule has 3 N–H and O–H groups in total. The molecule has 1 aliphatic rings. The van der Waals surface area contributed by atoms with E-state index in [0.29, 0.717) is 25.8 Å². The number of aliphatic carboxylic acids is 1. The fourth-order valence-corrected chi connectivity index (χ4v) is 4.38. The molecule has 34 heavy (non-hydrogen) atoms. The summed E-state index contributed by atoms with van der Waals surface area (Å²) in [4.78, 5) is 35.3. The van der Waals surface area contributed by atoms with Crippen LogP contribution < -0.4 is 10.6 Å². The zero-order valence-electron chi connectivity index (χ0n) is 20.1. The molecule has 0 fully saturated rings. The van der Waals surface area contributed by atoms with E-state index in [1.165, 1.54) is 22.3 Å². The Morgan fingerprint density at radius 2 is 1.62 bits per heavy atom. The van der Waals surface area contributed by atoms with Crippen molar-refractivity contribution >= 4 is 18.0 Å². The molecule has 0 saturated heterocycles. The molecule has 7 nitrogen and oxygen atoms in total. The molecule has 182 valence electrons. The number of nitrogens with one attached hydrogen (secondary N) is 2. The summed E-state index contributed by atoms with van der Waals surface area (Å²) in [7, 11) is 0. The lowest BCUT2D eigenvalue weighted by atomic mass is 9.89. The summed E-state index contributed by atoms with van der Waals surface area (Å²) >= 11 is 0. The lowest BCUT2D eigenvalue weighted by Gasteiger charge is -2.22. The summed E-state index contributed by atoms with van der Waals surface area (Å²) in [5.41, 5.74) is 4.21. The maximum absolute atomic E-state index is 12.4. The number of ether oxygens (including phenoxy) is 1. The molecule has 0 aromatic heterocycles. The number of carbonyl (C=O) groups excluding carboxylic acids is 2. The van der Waals surface area contributed by atoms with Gasteiger partial charge in [-0.05, 0) is 47.4 Å². The number of fused-ring (bicyclic) bond motifs is 3. The molecule has 1 aliphatic carbocycles. The van der Waals surface area contributed by atoms with Crippen LogP contribution in [0.4, 0.5) is 4.79 Å². The number of benzene rings is 2. The first kappa shape index (κ1) is 25.3. The number of carbonyl (C=O) groups is 3. The Morgan fingerprint density at radius 1 is 1.03 bits per heavy atom. The molecule has 0 saturated carbocycles. The summed E-state index contributed by atoms with van der Waals surface area (Å²) < 4.78 is 5.57. The highest BCUT2D eigenvalue weighted by atomic mass is 16.5. The molecule has 0 radical (unpaired) electrons. The van der Waals surface area contributed by atoms with Crippen molar-refractivity contribution in [1.29, 1.82) is 0 Å². The SMILES string of the molecule is CC(CCCC(=O)NCC(C)(C)CC(=O)O)NC(=O)OCC1c2ccccc2-c2ccccc21. The van der Waals surface area contributed by atoms with Crippen molar-refractivity contribution in [3.05, 3.63) is 59.7 Å². The maximum Gasteiger partial charge on any atom is 0.407 e. The van der Waals surface area contributed by atoms with E-state index in [4.69, 9.17) is 9.84 Å². The first-order valence-corrected chi connectivity index (χ1v) is 11.8. The van der Waals surface area contributed by atoms with Crippen molar-refractivity contribution in [3.8, 4) is 11.1 Å². The zero-order chi connectivity index (χ0) is 24.7. The van der Waals surface area contributed by atoms with Gasteiger partial charge in [0.25, 0.3) is 0 Å². The fourth-order valence-electron chi connectivity index (χ4n) is 4.38. The zero-order valence-corrected chi connectivity index (χ0v) is 20.1. The number of carboxylic acid groups (broad SMARTS) is 1. The van der Waals surface area contributed by atoms with Crippen LogP contribution in [0, 0.1) is 5.41 Å². The van der Waals surface area contributed by atoms with Gasteiger partial charge in [0.1, 0.15) is 6.61 Å². The average Bonchev–Trinajstić information content (AvgIpc) is 3.09. The van der Waals surface area contributed by atoms with E-state index >= 15 is 0 Å². The van der Waals surface area contributed by atoms with Crippen molar-refractivity contribution in [3.63, 3.8) is 0 Å². The topological polar surface area (TPSA) is 105 Å². The largest absolute Gasteiger partial charge is 0.481 e. The van der Waals surface area contributed by atoms with E-state index in [-0.39, 0.29) is 30.9 Å². The van der Waals surface area contributed by atoms with Crippen LogP contribution in [0.3, 0.4) is 0 Å². The van der Waals surface area contributed by atoms with E-state index in [0.717, 1.165) is 0 Å². The van der Waals surface area contributed by atoms with Crippen molar-refractivity contribution in [1.82, 2.24) is 10.6 Å². The van der Waals surface area contributed by atoms with Crippen LogP contribution in [-0.2, 0) is 14.3 Å². The molecule has 2 aromatic rings. The second kappa shape index (κ2) is 11.2. The highest BCUT2D eigenvalue weighted by Crippen LogP contribution is 2.44. The minimum atomic E-state index is -0.882. The maximum atomic E-state index is 12.4. The molecule has 2 aromatic carbocycles. The predicted octanol–water partition coefficient (Wildman–Crippen LogP) is 4.70. The summed E-state index contributed by atoms with van der Waals surface area (Å²) in [6.07, 6.45) is 1.09. The van der Waals surface area contributed by atoms with Gasteiger partial charge in [0.15, 0.2) is 0 Å². The van der Waals surface area contributed by atoms with Gasteiger partial charge in [-0.15, -0.1) is 0 Å². The van der Waals surface area contributed by atoms with Crippen LogP contribution in [0.25, 0.3) is 11.1 Å². The van der Waals surface area contributed by atoms with Crippen LogP contribution in [0.15, 0.2) is 48.5 Å². The second-order valence-electron chi connectivity index (χ2n) is 9.77. The molecular weight excluding hydrogens is 432 g/mol. The van der Waals surface area contributed by atoms with E-state index in [9.17, 15) is 14.4 Å². The summed E-state index contributed by atoms with van der Waals surface area (Å²) in [6, 6.07) is 16.3. The lowest BCUT2D eigenvalue weighted by molar-refractivity contribution is -0.139. The quantitative estimate of drug-likeness (QED) is 0.445. The van der Waals surface area contributed by atoms with Gasteiger partial charge in [-0.25, -0.2) is 4.79 Å². The van der Waals surface area contributed by atoms with Gasteiger partial charge in [0.05, 0.1) is 6.42 Å². The molecule has 1 atom stereocenters.